The summed E-state index contributed by atoms with van der Waals surface area (Å²) in [6.45, 7) is 1.81. The van der Waals surface area contributed by atoms with Gasteiger partial charge in [-0.05, 0) is 56.3 Å². The highest BCUT2D eigenvalue weighted by atomic mass is 35.5. The normalized spacial score (nSPS) is 16.2. The minimum Gasteiger partial charge on any atom is -0.317 e. The van der Waals surface area contributed by atoms with Crippen molar-refractivity contribution >= 4 is 34.2 Å². The van der Waals surface area contributed by atoms with Gasteiger partial charge in [-0.2, -0.15) is 0 Å². The van der Waals surface area contributed by atoms with Crippen LogP contribution < -0.4 is 10.6 Å². The Kier molecular flexibility index (Phi) is 3.85. The number of benzene rings is 1. The maximum atomic E-state index is 12.2. The average Bonchev–Trinajstić information content (AvgIpc) is 2.48. The van der Waals surface area contributed by atoms with E-state index in [-0.39, 0.29) is 11.8 Å². The first-order valence-electron chi connectivity index (χ1n) is 6.80. The smallest absolute Gasteiger partial charge is 0.228 e. The predicted octanol–water partition coefficient (Wildman–Crippen LogP) is 2.83. The number of hydrogen-bond acceptors (Lipinski definition) is 3. The zero-order valence-electron chi connectivity index (χ0n) is 11.0. The van der Waals surface area contributed by atoms with Gasteiger partial charge in [0.1, 0.15) is 5.82 Å². The third kappa shape index (κ3) is 2.92. The van der Waals surface area contributed by atoms with E-state index in [1.54, 1.807) is 6.07 Å². The Morgan fingerprint density at radius 2 is 2.05 bits per heavy atom. The molecule has 5 heteroatoms. The molecule has 0 saturated carbocycles. The molecule has 0 atom stereocenters. The third-order valence-electron chi connectivity index (χ3n) is 3.61. The lowest BCUT2D eigenvalue weighted by atomic mass is 9.97. The van der Waals surface area contributed by atoms with Crippen molar-refractivity contribution in [3.05, 3.63) is 35.4 Å². The van der Waals surface area contributed by atoms with Crippen molar-refractivity contribution in [1.29, 1.82) is 0 Å². The van der Waals surface area contributed by atoms with E-state index in [2.05, 4.69) is 15.6 Å². The summed E-state index contributed by atoms with van der Waals surface area (Å²) < 4.78 is 0. The SMILES string of the molecule is O=C(Nc1ccc2cc(Cl)ccc2n1)C1CCNCC1. The Labute approximate surface area is 122 Å². The average molecular weight is 290 g/mol. The van der Waals surface area contributed by atoms with E-state index in [4.69, 9.17) is 11.6 Å². The number of amides is 1. The number of piperidine rings is 1. The van der Waals surface area contributed by atoms with E-state index in [0.29, 0.717) is 10.8 Å². The first-order chi connectivity index (χ1) is 9.72. The fraction of sp³-hybridized carbons (Fsp3) is 0.333. The van der Waals surface area contributed by atoms with Crippen molar-refractivity contribution in [3.63, 3.8) is 0 Å². The quantitative estimate of drug-likeness (QED) is 0.894. The van der Waals surface area contributed by atoms with Crippen LogP contribution in [0.5, 0.6) is 0 Å². The molecular weight excluding hydrogens is 274 g/mol. The van der Waals surface area contributed by atoms with Crippen molar-refractivity contribution < 1.29 is 4.79 Å². The van der Waals surface area contributed by atoms with E-state index in [1.165, 1.54) is 0 Å². The van der Waals surface area contributed by atoms with Gasteiger partial charge in [-0.1, -0.05) is 11.6 Å². The van der Waals surface area contributed by atoms with Gasteiger partial charge in [-0.15, -0.1) is 0 Å². The van der Waals surface area contributed by atoms with Crippen molar-refractivity contribution in [2.75, 3.05) is 18.4 Å². The number of carbonyl (C=O) groups excluding carboxylic acids is 1. The molecule has 0 bridgehead atoms. The summed E-state index contributed by atoms with van der Waals surface area (Å²) in [5, 5.41) is 7.82. The first-order valence-corrected chi connectivity index (χ1v) is 7.18. The van der Waals surface area contributed by atoms with Crippen molar-refractivity contribution in [3.8, 4) is 0 Å². The molecule has 1 aromatic heterocycles. The van der Waals surface area contributed by atoms with Crippen molar-refractivity contribution in [2.24, 2.45) is 5.92 Å². The minimum atomic E-state index is 0.0623. The molecule has 2 heterocycles. The summed E-state index contributed by atoms with van der Waals surface area (Å²) in [4.78, 5) is 16.6. The number of carbonyl (C=O) groups is 1. The standard InChI is InChI=1S/C15H16ClN3O/c16-12-2-3-13-11(9-12)1-4-14(18-13)19-15(20)10-5-7-17-8-6-10/h1-4,9-10,17H,5-8H2,(H,18,19,20). The highest BCUT2D eigenvalue weighted by molar-refractivity contribution is 6.31. The van der Waals surface area contributed by atoms with E-state index in [1.807, 2.05) is 24.3 Å². The summed E-state index contributed by atoms with van der Waals surface area (Å²) in [5.74, 6) is 0.745. The molecule has 104 valence electrons. The maximum Gasteiger partial charge on any atom is 0.228 e. The largest absolute Gasteiger partial charge is 0.317 e. The van der Waals surface area contributed by atoms with E-state index < -0.39 is 0 Å². The van der Waals surface area contributed by atoms with Gasteiger partial charge < -0.3 is 10.6 Å². The van der Waals surface area contributed by atoms with Crippen LogP contribution in [0.15, 0.2) is 30.3 Å². The molecule has 1 saturated heterocycles. The zero-order valence-corrected chi connectivity index (χ0v) is 11.8. The van der Waals surface area contributed by atoms with Gasteiger partial charge in [-0.3, -0.25) is 4.79 Å². The van der Waals surface area contributed by atoms with Gasteiger partial charge in [0.15, 0.2) is 0 Å². The first kappa shape index (κ1) is 13.3. The van der Waals surface area contributed by atoms with Gasteiger partial charge in [0, 0.05) is 16.3 Å². The van der Waals surface area contributed by atoms with Crippen LogP contribution in [-0.4, -0.2) is 24.0 Å². The number of aromatic nitrogens is 1. The molecule has 2 aromatic rings. The summed E-state index contributed by atoms with van der Waals surface area (Å²) >= 11 is 5.94. The lowest BCUT2D eigenvalue weighted by molar-refractivity contribution is -0.120. The van der Waals surface area contributed by atoms with Crippen LogP contribution in [0.4, 0.5) is 5.82 Å². The van der Waals surface area contributed by atoms with Crippen LogP contribution in [0.25, 0.3) is 10.9 Å². The molecule has 1 aromatic carbocycles. The summed E-state index contributed by atoms with van der Waals surface area (Å²) in [6, 6.07) is 9.26. The second-order valence-electron chi connectivity index (χ2n) is 5.05. The van der Waals surface area contributed by atoms with Crippen LogP contribution in [0.2, 0.25) is 5.02 Å². The Bertz CT molecular complexity index is 638. The second kappa shape index (κ2) is 5.77. The number of pyridine rings is 1. The Balaban J connectivity index is 1.76. The Hall–Kier alpha value is -1.65. The van der Waals surface area contributed by atoms with Crippen LogP contribution in [0.3, 0.4) is 0 Å². The van der Waals surface area contributed by atoms with Gasteiger partial charge in [0.05, 0.1) is 5.52 Å². The molecule has 0 aliphatic carbocycles. The number of fused-ring (bicyclic) bond motifs is 1. The summed E-state index contributed by atoms with van der Waals surface area (Å²) in [7, 11) is 0. The van der Waals surface area contributed by atoms with Crippen LogP contribution in [0, 0.1) is 5.92 Å². The summed E-state index contributed by atoms with van der Waals surface area (Å²) in [6.07, 6.45) is 1.77. The molecule has 3 rings (SSSR count). The third-order valence-corrected chi connectivity index (χ3v) is 3.85. The monoisotopic (exact) mass is 289 g/mol. The molecule has 0 spiro atoms. The van der Waals surface area contributed by atoms with Crippen LogP contribution in [0.1, 0.15) is 12.8 Å². The highest BCUT2D eigenvalue weighted by Gasteiger charge is 2.21. The Morgan fingerprint density at radius 1 is 1.25 bits per heavy atom. The molecule has 20 heavy (non-hydrogen) atoms. The van der Waals surface area contributed by atoms with Gasteiger partial charge >= 0.3 is 0 Å². The molecule has 1 amide bonds. The minimum absolute atomic E-state index is 0.0623. The lowest BCUT2D eigenvalue weighted by Gasteiger charge is -2.21. The van der Waals surface area contributed by atoms with Gasteiger partial charge in [-0.25, -0.2) is 4.98 Å². The predicted molar refractivity (Wildman–Crippen MR) is 81.0 cm³/mol. The molecule has 1 fully saturated rings. The van der Waals surface area contributed by atoms with Crippen molar-refractivity contribution in [1.82, 2.24) is 10.3 Å². The van der Waals surface area contributed by atoms with E-state index in [0.717, 1.165) is 36.8 Å². The fourth-order valence-electron chi connectivity index (χ4n) is 2.48. The van der Waals surface area contributed by atoms with E-state index in [9.17, 15) is 4.79 Å². The van der Waals surface area contributed by atoms with E-state index >= 15 is 0 Å². The number of nitrogens with zero attached hydrogens (tertiary/aromatic N) is 1. The number of halogens is 1. The maximum absolute atomic E-state index is 12.2. The van der Waals surface area contributed by atoms with Crippen molar-refractivity contribution in [2.45, 2.75) is 12.8 Å². The number of anilines is 1. The zero-order chi connectivity index (χ0) is 13.9. The molecule has 2 N–H and O–H groups in total. The van der Waals surface area contributed by atoms with Gasteiger partial charge in [0.2, 0.25) is 5.91 Å². The summed E-state index contributed by atoms with van der Waals surface area (Å²) in [5.41, 5.74) is 0.831. The number of hydrogen-bond donors (Lipinski definition) is 2. The molecule has 4 nitrogen and oxygen atoms in total. The fourth-order valence-corrected chi connectivity index (χ4v) is 2.66. The molecular formula is C15H16ClN3O. The number of nitrogens with one attached hydrogen (secondary N) is 2. The van der Waals surface area contributed by atoms with Crippen LogP contribution in [-0.2, 0) is 4.79 Å². The molecule has 0 radical (unpaired) electrons. The molecule has 1 aliphatic heterocycles. The molecule has 1 aliphatic rings. The highest BCUT2D eigenvalue weighted by Crippen LogP contribution is 2.20. The topological polar surface area (TPSA) is 54.0 Å². The second-order valence-corrected chi connectivity index (χ2v) is 5.48. The number of rotatable bonds is 2. The molecule has 0 unspecified atom stereocenters. The Morgan fingerprint density at radius 3 is 2.85 bits per heavy atom. The lowest BCUT2D eigenvalue weighted by Crippen LogP contribution is -2.34. The van der Waals surface area contributed by atoms with Crippen LogP contribution >= 0.6 is 11.6 Å². The van der Waals surface area contributed by atoms with Gasteiger partial charge in [0.25, 0.3) is 0 Å².